The van der Waals surface area contributed by atoms with E-state index in [4.69, 9.17) is 4.74 Å². The Kier molecular flexibility index (Phi) is 4.57. The molecule has 0 radical (unpaired) electrons. The van der Waals surface area contributed by atoms with Crippen LogP contribution in [0.25, 0.3) is 0 Å². The summed E-state index contributed by atoms with van der Waals surface area (Å²) in [7, 11) is 1.80. The molecule has 1 aliphatic rings. The van der Waals surface area contributed by atoms with E-state index in [0.29, 0.717) is 0 Å². The number of hydrogen-bond acceptors (Lipinski definition) is 2. The van der Waals surface area contributed by atoms with Gasteiger partial charge in [0.25, 0.3) is 0 Å². The highest BCUT2D eigenvalue weighted by Gasteiger charge is 2.42. The van der Waals surface area contributed by atoms with Crippen LogP contribution in [0.2, 0.25) is 0 Å². The number of methoxy groups -OCH3 is 1. The molecular formula is C15H19BrOS. The van der Waals surface area contributed by atoms with E-state index in [1.807, 2.05) is 17.8 Å². The van der Waals surface area contributed by atoms with Crippen LogP contribution in [0.15, 0.2) is 42.5 Å². The molecule has 0 amide bonds. The van der Waals surface area contributed by atoms with Crippen LogP contribution in [0.3, 0.4) is 0 Å². The summed E-state index contributed by atoms with van der Waals surface area (Å²) in [6.07, 6.45) is 7.63. The van der Waals surface area contributed by atoms with E-state index >= 15 is 0 Å². The lowest BCUT2D eigenvalue weighted by Crippen LogP contribution is -2.28. The van der Waals surface area contributed by atoms with Crippen LogP contribution < -0.4 is 0 Å². The monoisotopic (exact) mass is 326 g/mol. The number of ether oxygens (including phenoxy) is 1. The van der Waals surface area contributed by atoms with Gasteiger partial charge in [0, 0.05) is 13.5 Å². The summed E-state index contributed by atoms with van der Waals surface area (Å²) in [5.41, 5.74) is 1.31. The third kappa shape index (κ3) is 3.19. The molecule has 1 aliphatic heterocycles. The van der Waals surface area contributed by atoms with Crippen LogP contribution in [0.5, 0.6) is 0 Å². The van der Waals surface area contributed by atoms with Gasteiger partial charge in [-0.3, -0.25) is 0 Å². The van der Waals surface area contributed by atoms with E-state index < -0.39 is 0 Å². The van der Waals surface area contributed by atoms with Gasteiger partial charge in [0.2, 0.25) is 0 Å². The average Bonchev–Trinajstić information content (AvgIpc) is 2.69. The summed E-state index contributed by atoms with van der Waals surface area (Å²) in [5.74, 6) is 0. The molecule has 0 saturated heterocycles. The first-order valence-electron chi connectivity index (χ1n) is 6.30. The summed E-state index contributed by atoms with van der Waals surface area (Å²) in [6.45, 7) is 2.21. The fourth-order valence-electron chi connectivity index (χ4n) is 2.24. The Morgan fingerprint density at radius 3 is 2.56 bits per heavy atom. The van der Waals surface area contributed by atoms with Crippen molar-refractivity contribution < 1.29 is 4.74 Å². The number of hydrogen-bond donors (Lipinski definition) is 0. The van der Waals surface area contributed by atoms with Crippen molar-refractivity contribution >= 4 is 27.7 Å². The maximum absolute atomic E-state index is 5.79. The first-order valence-corrected chi connectivity index (χ1v) is 7.91. The fraction of sp³-hybridized carbons (Fsp3) is 0.467. The Morgan fingerprint density at radius 2 is 1.94 bits per heavy atom. The molecule has 0 bridgehead atoms. The van der Waals surface area contributed by atoms with Crippen molar-refractivity contribution in [1.82, 2.24) is 0 Å². The first-order chi connectivity index (χ1) is 8.61. The third-order valence-electron chi connectivity index (χ3n) is 3.16. The van der Waals surface area contributed by atoms with Crippen LogP contribution in [-0.4, -0.2) is 15.7 Å². The summed E-state index contributed by atoms with van der Waals surface area (Å²) < 4.78 is 5.82. The van der Waals surface area contributed by atoms with Gasteiger partial charge in [-0.1, -0.05) is 65.7 Å². The lowest BCUT2D eigenvalue weighted by Gasteiger charge is -2.30. The van der Waals surface area contributed by atoms with Gasteiger partial charge in [-0.15, -0.1) is 11.8 Å². The largest absolute Gasteiger partial charge is 0.363 e. The number of halogens is 1. The highest BCUT2D eigenvalue weighted by atomic mass is 79.9. The smallest absolute Gasteiger partial charge is 0.137 e. The predicted molar refractivity (Wildman–Crippen MR) is 83.2 cm³/mol. The average molecular weight is 327 g/mol. The third-order valence-corrected chi connectivity index (χ3v) is 5.78. The fourth-order valence-corrected chi connectivity index (χ4v) is 5.06. The van der Waals surface area contributed by atoms with Crippen molar-refractivity contribution in [2.24, 2.45) is 0 Å². The van der Waals surface area contributed by atoms with Crippen molar-refractivity contribution in [2.45, 2.75) is 34.8 Å². The van der Waals surface area contributed by atoms with Crippen LogP contribution in [0.1, 0.15) is 25.3 Å². The Labute approximate surface area is 122 Å². The molecule has 2 atom stereocenters. The number of benzene rings is 1. The van der Waals surface area contributed by atoms with E-state index in [9.17, 15) is 0 Å². The molecule has 0 fully saturated rings. The minimum Gasteiger partial charge on any atom is -0.363 e. The molecule has 0 aromatic heterocycles. The topological polar surface area (TPSA) is 9.23 Å². The standard InChI is InChI=1S/C15H19BrOS/c1-3-9-14(16)10-11-15(17-2,18-14)12-13-7-5-4-6-8-13/h4-8,10-11H,3,9,12H2,1-2H3. The molecule has 0 aliphatic carbocycles. The molecule has 2 rings (SSSR count). The SMILES string of the molecule is CCCC1(Br)C=CC(Cc2ccccc2)(OC)S1. The Balaban J connectivity index is 2.13. The second-order valence-corrected chi connectivity index (χ2v) is 8.21. The van der Waals surface area contributed by atoms with Crippen molar-refractivity contribution in [3.8, 4) is 0 Å². The van der Waals surface area contributed by atoms with Crippen molar-refractivity contribution in [2.75, 3.05) is 7.11 Å². The molecule has 18 heavy (non-hydrogen) atoms. The molecule has 1 nitrogen and oxygen atoms in total. The maximum atomic E-state index is 5.79. The van der Waals surface area contributed by atoms with Crippen molar-refractivity contribution in [3.05, 3.63) is 48.0 Å². The summed E-state index contributed by atoms with van der Waals surface area (Å²) in [5, 5.41) is 0. The van der Waals surface area contributed by atoms with E-state index in [2.05, 4.69) is 59.3 Å². The quantitative estimate of drug-likeness (QED) is 0.569. The van der Waals surface area contributed by atoms with Gasteiger partial charge in [-0.2, -0.15) is 0 Å². The number of thioether (sulfide) groups is 1. The molecule has 0 spiro atoms. The maximum Gasteiger partial charge on any atom is 0.137 e. The Hall–Kier alpha value is -0.250. The molecular weight excluding hydrogens is 308 g/mol. The van der Waals surface area contributed by atoms with Gasteiger partial charge >= 0.3 is 0 Å². The molecule has 98 valence electrons. The normalized spacial score (nSPS) is 30.8. The van der Waals surface area contributed by atoms with Crippen LogP contribution in [-0.2, 0) is 11.2 Å². The minimum absolute atomic E-state index is 0.0343. The number of rotatable bonds is 5. The molecule has 0 N–H and O–H groups in total. The summed E-state index contributed by atoms with van der Waals surface area (Å²) in [6, 6.07) is 10.5. The first kappa shape index (κ1) is 14.2. The predicted octanol–water partition coefficient (Wildman–Crippen LogP) is 4.77. The second kappa shape index (κ2) is 5.81. The van der Waals surface area contributed by atoms with Crippen LogP contribution in [0, 0.1) is 0 Å². The molecule has 1 aromatic rings. The Morgan fingerprint density at radius 1 is 1.22 bits per heavy atom. The Bertz CT molecular complexity index is 420. The van der Waals surface area contributed by atoms with Gasteiger partial charge in [0.1, 0.15) is 4.93 Å². The zero-order valence-corrected chi connectivity index (χ0v) is 13.3. The highest BCUT2D eigenvalue weighted by molar-refractivity contribution is 9.12. The zero-order valence-electron chi connectivity index (χ0n) is 10.9. The van der Waals surface area contributed by atoms with Gasteiger partial charge in [0.05, 0.1) is 3.66 Å². The molecule has 1 heterocycles. The van der Waals surface area contributed by atoms with Crippen molar-refractivity contribution in [1.29, 1.82) is 0 Å². The minimum atomic E-state index is -0.236. The van der Waals surface area contributed by atoms with E-state index in [-0.39, 0.29) is 8.59 Å². The van der Waals surface area contributed by atoms with Gasteiger partial charge in [0.15, 0.2) is 0 Å². The van der Waals surface area contributed by atoms with Gasteiger partial charge in [-0.25, -0.2) is 0 Å². The highest BCUT2D eigenvalue weighted by Crippen LogP contribution is 2.53. The lowest BCUT2D eigenvalue weighted by molar-refractivity contribution is 0.113. The van der Waals surface area contributed by atoms with E-state index in [0.717, 1.165) is 19.3 Å². The molecule has 0 saturated carbocycles. The van der Waals surface area contributed by atoms with E-state index in [1.54, 1.807) is 7.11 Å². The summed E-state index contributed by atoms with van der Waals surface area (Å²) in [4.78, 5) is -0.236. The van der Waals surface area contributed by atoms with Crippen LogP contribution >= 0.6 is 27.7 Å². The molecule has 1 aromatic carbocycles. The van der Waals surface area contributed by atoms with Gasteiger partial charge in [-0.05, 0) is 18.1 Å². The second-order valence-electron chi connectivity index (χ2n) is 4.65. The van der Waals surface area contributed by atoms with Gasteiger partial charge < -0.3 is 4.74 Å². The summed E-state index contributed by atoms with van der Waals surface area (Å²) >= 11 is 5.70. The zero-order chi connectivity index (χ0) is 13.1. The van der Waals surface area contributed by atoms with Crippen LogP contribution in [0.4, 0.5) is 0 Å². The van der Waals surface area contributed by atoms with E-state index in [1.165, 1.54) is 5.56 Å². The lowest BCUT2D eigenvalue weighted by atomic mass is 10.1. The number of alkyl halides is 1. The van der Waals surface area contributed by atoms with Crippen molar-refractivity contribution in [3.63, 3.8) is 0 Å². The molecule has 2 unspecified atom stereocenters. The molecule has 3 heteroatoms.